The highest BCUT2D eigenvalue weighted by Gasteiger charge is 2.41. The Morgan fingerprint density at radius 3 is 2.57 bits per heavy atom. The number of carbonyl (C=O) groups excluding carboxylic acids is 2. The molecule has 2 atom stereocenters. The Hall–Kier alpha value is -4.39. The van der Waals surface area contributed by atoms with Gasteiger partial charge in [0, 0.05) is 51.0 Å². The Morgan fingerprint density at radius 2 is 1.85 bits per heavy atom. The first-order chi connectivity index (χ1) is 22.6. The number of nitrogens with zero attached hydrogens (tertiary/aromatic N) is 6. The van der Waals surface area contributed by atoms with Gasteiger partial charge in [-0.25, -0.2) is 14.8 Å². The van der Waals surface area contributed by atoms with Crippen LogP contribution in [0.2, 0.25) is 0 Å². The number of hydrogen-bond donors (Lipinski definition) is 1. The van der Waals surface area contributed by atoms with Crippen LogP contribution in [-0.4, -0.2) is 96.7 Å². The fourth-order valence-corrected chi connectivity index (χ4v) is 6.89. The van der Waals surface area contributed by atoms with Crippen LogP contribution in [0, 0.1) is 0 Å². The number of hydrogen-bond acceptors (Lipinski definition) is 7. The van der Waals surface area contributed by atoms with Gasteiger partial charge >= 0.3 is 12.2 Å². The molecule has 3 aliphatic rings. The Kier molecular flexibility index (Phi) is 9.27. The average Bonchev–Trinajstić information content (AvgIpc) is 3.69. The summed E-state index contributed by atoms with van der Waals surface area (Å²) in [6.07, 6.45) is -1.08. The van der Waals surface area contributed by atoms with Crippen molar-refractivity contribution in [1.29, 1.82) is 0 Å². The van der Waals surface area contributed by atoms with E-state index in [0.717, 1.165) is 25.6 Å². The van der Waals surface area contributed by atoms with Crippen LogP contribution >= 0.6 is 0 Å². The number of ether oxygens (including phenoxy) is 1. The smallest absolute Gasteiger partial charge is 0.418 e. The van der Waals surface area contributed by atoms with Crippen LogP contribution in [-0.2, 0) is 12.6 Å². The number of alkyl halides is 3. The number of anilines is 2. The van der Waals surface area contributed by atoms with E-state index in [1.165, 1.54) is 11.0 Å². The Morgan fingerprint density at radius 1 is 1.02 bits per heavy atom. The highest BCUT2D eigenvalue weighted by Crippen LogP contribution is 2.42. The summed E-state index contributed by atoms with van der Waals surface area (Å²) >= 11 is 0. The van der Waals surface area contributed by atoms with Crippen LogP contribution in [0.25, 0.3) is 11.3 Å². The predicted molar refractivity (Wildman–Crippen MR) is 173 cm³/mol. The second kappa shape index (κ2) is 13.4. The van der Waals surface area contributed by atoms with Crippen molar-refractivity contribution in [3.8, 4) is 17.1 Å². The third kappa shape index (κ3) is 6.58. The van der Waals surface area contributed by atoms with E-state index in [-0.39, 0.29) is 42.5 Å². The van der Waals surface area contributed by atoms with Gasteiger partial charge in [-0.05, 0) is 75.7 Å². The lowest BCUT2D eigenvalue weighted by atomic mass is 10.1. The van der Waals surface area contributed by atoms with Crippen LogP contribution in [0.15, 0.2) is 48.7 Å². The van der Waals surface area contributed by atoms with Crippen molar-refractivity contribution in [2.45, 2.75) is 51.4 Å². The molecule has 0 saturated carbocycles. The first kappa shape index (κ1) is 32.5. The molecule has 0 unspecified atom stereocenters. The van der Waals surface area contributed by atoms with Gasteiger partial charge in [0.1, 0.15) is 0 Å². The van der Waals surface area contributed by atoms with Gasteiger partial charge in [0.05, 0.1) is 34.8 Å². The van der Waals surface area contributed by atoms with Crippen molar-refractivity contribution in [2.24, 2.45) is 0 Å². The van der Waals surface area contributed by atoms with Crippen molar-refractivity contribution < 1.29 is 27.5 Å². The minimum Gasteiger partial charge on any atom is -0.477 e. The van der Waals surface area contributed by atoms with E-state index in [2.05, 4.69) is 20.1 Å². The number of benzene rings is 1. The predicted octanol–water partition coefficient (Wildman–Crippen LogP) is 5.08. The van der Waals surface area contributed by atoms with E-state index < -0.39 is 17.8 Å². The number of pyridine rings is 2. The lowest BCUT2D eigenvalue weighted by Crippen LogP contribution is -2.57. The lowest BCUT2D eigenvalue weighted by Gasteiger charge is -2.44. The third-order valence-electron chi connectivity index (χ3n) is 9.21. The van der Waals surface area contributed by atoms with Crippen LogP contribution in [0.5, 0.6) is 5.88 Å². The topological polar surface area (TPSA) is 94.1 Å². The molecule has 2 fully saturated rings. The molecular formula is C34H40F3N7O3. The van der Waals surface area contributed by atoms with Crippen LogP contribution in [0.3, 0.4) is 0 Å². The van der Waals surface area contributed by atoms with Crippen molar-refractivity contribution in [3.05, 3.63) is 65.5 Å². The molecular weight excluding hydrogens is 611 g/mol. The van der Waals surface area contributed by atoms with Gasteiger partial charge in [-0.15, -0.1) is 0 Å². The van der Waals surface area contributed by atoms with Crippen molar-refractivity contribution in [1.82, 2.24) is 25.1 Å². The summed E-state index contributed by atoms with van der Waals surface area (Å²) < 4.78 is 47.5. The number of urea groups is 1. The summed E-state index contributed by atoms with van der Waals surface area (Å²) in [4.78, 5) is 44.1. The van der Waals surface area contributed by atoms with Gasteiger partial charge in [0.25, 0.3) is 5.91 Å². The normalized spacial score (nSPS) is 20.0. The second-order valence-electron chi connectivity index (χ2n) is 12.3. The fraction of sp³-hybridized carbons (Fsp3) is 0.471. The minimum absolute atomic E-state index is 0.00967. The second-order valence-corrected chi connectivity index (χ2v) is 12.3. The van der Waals surface area contributed by atoms with Crippen LogP contribution in [0.4, 0.5) is 29.3 Å². The van der Waals surface area contributed by atoms with Crippen molar-refractivity contribution >= 4 is 23.3 Å². The molecule has 2 aromatic heterocycles. The highest BCUT2D eigenvalue weighted by atomic mass is 19.4. The monoisotopic (exact) mass is 651 g/mol. The molecule has 0 bridgehead atoms. The van der Waals surface area contributed by atoms with E-state index in [4.69, 9.17) is 9.72 Å². The number of nitrogens with one attached hydrogen (secondary N) is 1. The van der Waals surface area contributed by atoms with Crippen molar-refractivity contribution in [3.63, 3.8) is 0 Å². The number of likely N-dealkylation sites (N-methyl/N-ethyl adjacent to an activating group) is 1. The number of rotatable bonds is 7. The molecule has 13 heteroatoms. The number of carbonyl (C=O) groups is 2. The van der Waals surface area contributed by atoms with Gasteiger partial charge in [-0.3, -0.25) is 9.69 Å². The molecule has 250 valence electrons. The van der Waals surface area contributed by atoms with E-state index in [1.807, 2.05) is 39.1 Å². The third-order valence-corrected chi connectivity index (χ3v) is 9.21. The summed E-state index contributed by atoms with van der Waals surface area (Å²) in [6, 6.07) is 10.8. The molecule has 0 spiro atoms. The zero-order valence-electron chi connectivity index (χ0n) is 26.9. The quantitative estimate of drug-likeness (QED) is 0.381. The van der Waals surface area contributed by atoms with Gasteiger partial charge in [-0.1, -0.05) is 19.1 Å². The lowest BCUT2D eigenvalue weighted by molar-refractivity contribution is -0.137. The van der Waals surface area contributed by atoms with Crippen molar-refractivity contribution in [2.75, 3.05) is 62.7 Å². The van der Waals surface area contributed by atoms with E-state index in [0.29, 0.717) is 60.9 Å². The van der Waals surface area contributed by atoms with Gasteiger partial charge in [0.2, 0.25) is 5.88 Å². The molecule has 2 saturated heterocycles. The first-order valence-corrected chi connectivity index (χ1v) is 16.2. The Balaban J connectivity index is 1.29. The molecule has 1 N–H and O–H groups in total. The van der Waals surface area contributed by atoms with Gasteiger partial charge in [-0.2, -0.15) is 13.2 Å². The molecule has 0 aliphatic carbocycles. The minimum atomic E-state index is -4.57. The molecule has 6 rings (SSSR count). The van der Waals surface area contributed by atoms with E-state index in [9.17, 15) is 22.8 Å². The van der Waals surface area contributed by atoms with Crippen LogP contribution in [0.1, 0.15) is 48.3 Å². The zero-order valence-corrected chi connectivity index (χ0v) is 26.9. The number of piperazine rings is 1. The first-order valence-electron chi connectivity index (χ1n) is 16.2. The summed E-state index contributed by atoms with van der Waals surface area (Å²) in [5, 5.41) is 3.17. The molecule has 5 heterocycles. The number of para-hydroxylation sites is 1. The van der Waals surface area contributed by atoms with E-state index in [1.54, 1.807) is 23.2 Å². The fourth-order valence-electron chi connectivity index (χ4n) is 6.89. The number of amides is 3. The maximum Gasteiger partial charge on any atom is 0.418 e. The van der Waals surface area contributed by atoms with Gasteiger partial charge < -0.3 is 24.8 Å². The molecule has 1 aromatic carbocycles. The average molecular weight is 652 g/mol. The molecule has 10 nitrogen and oxygen atoms in total. The number of halogens is 3. The van der Waals surface area contributed by atoms with Gasteiger partial charge in [0.15, 0.2) is 5.69 Å². The van der Waals surface area contributed by atoms with Crippen LogP contribution < -0.4 is 19.9 Å². The summed E-state index contributed by atoms with van der Waals surface area (Å²) in [5.41, 5.74) is 1.82. The highest BCUT2D eigenvalue weighted by molar-refractivity contribution is 5.99. The number of likely N-dealkylation sites (tertiary alicyclic amines) is 1. The Bertz CT molecular complexity index is 1630. The maximum atomic E-state index is 13.9. The summed E-state index contributed by atoms with van der Waals surface area (Å²) in [5.74, 6) is 0.139. The summed E-state index contributed by atoms with van der Waals surface area (Å²) in [6.45, 7) is 7.08. The maximum absolute atomic E-state index is 13.9. The molecule has 3 amide bonds. The number of aromatic nitrogens is 2. The Labute approximate surface area is 272 Å². The molecule has 3 aliphatic heterocycles. The zero-order chi connectivity index (χ0) is 33.3. The molecule has 3 aromatic rings. The largest absolute Gasteiger partial charge is 0.477 e. The molecule has 47 heavy (non-hydrogen) atoms. The standard InChI is InChI=1S/C34H40F3N7O3/c1-4-24-21-42(33(46)44-17-13-22-8-6-10-26(30(22)44)34(35,36)37)18-19-43(24)28-12-11-27(25-9-7-15-38-32(25)47-5-2)40-29(28)31(45)39-23-14-16-41(3)20-23/h6-12,15,23-24H,4-5,13-14,16-21H2,1-3H3,(H,39,45)/t23-,24+/m0/s1. The van der Waals surface area contributed by atoms with E-state index >= 15 is 0 Å². The molecule has 0 radical (unpaired) electrons. The summed E-state index contributed by atoms with van der Waals surface area (Å²) in [7, 11) is 2.02. The SMILES string of the molecule is CCOc1ncccc1-c1ccc(N2CCN(C(=O)N3CCc4cccc(C(F)(F)F)c43)C[C@H]2CC)c(C(=O)N[C@H]2CCN(C)C2)n1. The number of fused-ring (bicyclic) bond motifs is 1.